The average Bonchev–Trinajstić information content (AvgIpc) is 2.39. The summed E-state index contributed by atoms with van der Waals surface area (Å²) in [6.07, 6.45) is 0.904. The van der Waals surface area contributed by atoms with E-state index in [-0.39, 0.29) is 0 Å². The van der Waals surface area contributed by atoms with Crippen LogP contribution in [-0.2, 0) is 9.12 Å². The zero-order valence-electron chi connectivity index (χ0n) is 9.86. The molecule has 0 aromatic heterocycles. The predicted molar refractivity (Wildman–Crippen MR) is 78.4 cm³/mol. The van der Waals surface area contributed by atoms with Crippen LogP contribution in [-0.4, -0.2) is 6.29 Å². The lowest BCUT2D eigenvalue weighted by atomic mass is 9.92. The Hall–Kier alpha value is -1.12. The quantitative estimate of drug-likeness (QED) is 0.601. The van der Waals surface area contributed by atoms with Gasteiger partial charge in [-0.15, -0.1) is 0 Å². The number of benzene rings is 2. The molecule has 0 spiro atoms. The van der Waals surface area contributed by atoms with Crippen LogP contribution in [0.2, 0.25) is 5.02 Å². The molecule has 0 fully saturated rings. The van der Waals surface area contributed by atoms with Gasteiger partial charge in [0, 0.05) is 5.02 Å². The lowest BCUT2D eigenvalue weighted by Crippen LogP contribution is -2.21. The first-order valence-corrected chi connectivity index (χ1v) is 6.72. The number of halogens is 2. The maximum absolute atomic E-state index is 11.5. The van der Waals surface area contributed by atoms with Crippen molar-refractivity contribution in [3.8, 4) is 0 Å². The summed E-state index contributed by atoms with van der Waals surface area (Å²) < 4.78 is -0.814. The van der Waals surface area contributed by atoms with E-state index in [0.29, 0.717) is 5.02 Å². The minimum Gasteiger partial charge on any atom is -0.301 e. The smallest absolute Gasteiger partial charge is 0.145 e. The largest absolute Gasteiger partial charge is 0.301 e. The van der Waals surface area contributed by atoms with Crippen LogP contribution in [0.5, 0.6) is 0 Å². The highest BCUT2D eigenvalue weighted by Gasteiger charge is 2.30. The summed E-state index contributed by atoms with van der Waals surface area (Å²) in [6, 6.07) is 15.2. The minimum absolute atomic E-state index is 0.656. The molecule has 0 saturated heterocycles. The van der Waals surface area contributed by atoms with Crippen molar-refractivity contribution in [2.45, 2.75) is 11.2 Å². The molecule has 0 aliphatic rings. The molecule has 0 aliphatic heterocycles. The van der Waals surface area contributed by atoms with Gasteiger partial charge in [0.2, 0.25) is 0 Å². The van der Waals surface area contributed by atoms with Crippen molar-refractivity contribution in [2.75, 3.05) is 0 Å². The Bertz CT molecular complexity index is 500. The number of aryl methyl sites for hydroxylation is 1. The summed E-state index contributed by atoms with van der Waals surface area (Å²) >= 11 is 9.41. The predicted octanol–water partition coefficient (Wildman–Crippen LogP) is 4.49. The van der Waals surface area contributed by atoms with Gasteiger partial charge >= 0.3 is 0 Å². The second-order valence-electron chi connectivity index (χ2n) is 4.20. The summed E-state index contributed by atoms with van der Waals surface area (Å²) in [5, 5.41) is 0.656. The third kappa shape index (κ3) is 2.50. The second-order valence-corrected chi connectivity index (χ2v) is 5.89. The van der Waals surface area contributed by atoms with E-state index >= 15 is 0 Å². The van der Waals surface area contributed by atoms with Crippen LogP contribution in [0.25, 0.3) is 0 Å². The Morgan fingerprint density at radius 3 is 1.89 bits per heavy atom. The van der Waals surface area contributed by atoms with Crippen LogP contribution in [0.4, 0.5) is 0 Å². The zero-order chi connectivity index (χ0) is 13.2. The maximum Gasteiger partial charge on any atom is 0.145 e. The van der Waals surface area contributed by atoms with Gasteiger partial charge in [-0.1, -0.05) is 69.5 Å². The van der Waals surface area contributed by atoms with Crippen LogP contribution in [0.1, 0.15) is 16.7 Å². The normalized spacial score (nSPS) is 13.9. The molecule has 3 heteroatoms. The van der Waals surface area contributed by atoms with E-state index in [0.717, 1.165) is 23.0 Å². The topological polar surface area (TPSA) is 17.1 Å². The molecule has 2 aromatic carbocycles. The fourth-order valence-corrected chi connectivity index (χ4v) is 2.45. The summed E-state index contributed by atoms with van der Waals surface area (Å²) in [5.41, 5.74) is 2.94. The third-order valence-corrected chi connectivity index (χ3v) is 4.25. The molecule has 0 N–H and O–H groups in total. The molecule has 92 valence electrons. The van der Waals surface area contributed by atoms with Gasteiger partial charge in [-0.2, -0.15) is 0 Å². The highest BCUT2D eigenvalue weighted by molar-refractivity contribution is 9.10. The number of hydrogen-bond acceptors (Lipinski definition) is 1. The molecule has 2 rings (SSSR count). The molecule has 1 nitrogen and oxygen atoms in total. The Morgan fingerprint density at radius 2 is 1.44 bits per heavy atom. The Labute approximate surface area is 120 Å². The molecular weight excluding hydrogens is 312 g/mol. The van der Waals surface area contributed by atoms with Crippen LogP contribution in [0, 0.1) is 6.92 Å². The van der Waals surface area contributed by atoms with Gasteiger partial charge in [0.25, 0.3) is 0 Å². The molecule has 0 saturated carbocycles. The van der Waals surface area contributed by atoms with Gasteiger partial charge in [0.1, 0.15) is 10.6 Å². The highest BCUT2D eigenvalue weighted by atomic mass is 79.9. The highest BCUT2D eigenvalue weighted by Crippen LogP contribution is 2.37. The van der Waals surface area contributed by atoms with E-state index in [2.05, 4.69) is 15.9 Å². The standard InChI is InChI=1S/C15H12BrClO/c1-11-2-4-12(5-3-11)15(16,10-18)13-6-8-14(17)9-7-13/h2-10H,1H3. The zero-order valence-corrected chi connectivity index (χ0v) is 12.2. The Morgan fingerprint density at radius 1 is 1.00 bits per heavy atom. The number of carbonyl (C=O) groups is 1. The molecular formula is C15H12BrClO. The number of hydrogen-bond donors (Lipinski definition) is 0. The Kier molecular flexibility index (Phi) is 3.88. The van der Waals surface area contributed by atoms with E-state index in [1.54, 1.807) is 12.1 Å². The second kappa shape index (κ2) is 5.25. The van der Waals surface area contributed by atoms with E-state index in [1.807, 2.05) is 43.3 Å². The summed E-state index contributed by atoms with van der Waals surface area (Å²) in [6.45, 7) is 2.02. The summed E-state index contributed by atoms with van der Waals surface area (Å²) in [5.74, 6) is 0. The minimum atomic E-state index is -0.814. The van der Waals surface area contributed by atoms with Crippen molar-refractivity contribution in [3.63, 3.8) is 0 Å². The molecule has 0 bridgehead atoms. The maximum atomic E-state index is 11.5. The first kappa shape index (κ1) is 13.3. The van der Waals surface area contributed by atoms with Crippen LogP contribution in [0.15, 0.2) is 48.5 Å². The van der Waals surface area contributed by atoms with Crippen molar-refractivity contribution in [1.29, 1.82) is 0 Å². The number of carbonyl (C=O) groups excluding carboxylic acids is 1. The molecule has 0 aliphatic carbocycles. The lowest BCUT2D eigenvalue weighted by Gasteiger charge is -2.22. The fourth-order valence-electron chi connectivity index (χ4n) is 1.79. The van der Waals surface area contributed by atoms with E-state index in [4.69, 9.17) is 11.6 Å². The molecule has 0 radical (unpaired) electrons. The summed E-state index contributed by atoms with van der Waals surface area (Å²) in [7, 11) is 0. The van der Waals surface area contributed by atoms with Crippen molar-refractivity contribution in [1.82, 2.24) is 0 Å². The van der Waals surface area contributed by atoms with Crippen LogP contribution in [0.3, 0.4) is 0 Å². The fraction of sp³-hybridized carbons (Fsp3) is 0.133. The Balaban J connectivity index is 2.50. The van der Waals surface area contributed by atoms with Crippen molar-refractivity contribution < 1.29 is 4.79 Å². The van der Waals surface area contributed by atoms with E-state index in [9.17, 15) is 4.79 Å². The number of rotatable bonds is 3. The van der Waals surface area contributed by atoms with Gasteiger partial charge in [-0.3, -0.25) is 0 Å². The summed E-state index contributed by atoms with van der Waals surface area (Å²) in [4.78, 5) is 11.5. The van der Waals surface area contributed by atoms with Crippen molar-refractivity contribution in [2.24, 2.45) is 0 Å². The van der Waals surface area contributed by atoms with Crippen molar-refractivity contribution in [3.05, 3.63) is 70.2 Å². The molecule has 0 amide bonds. The molecule has 18 heavy (non-hydrogen) atoms. The lowest BCUT2D eigenvalue weighted by molar-refractivity contribution is -0.109. The van der Waals surface area contributed by atoms with Gasteiger partial charge in [0.05, 0.1) is 0 Å². The number of aldehydes is 1. The van der Waals surface area contributed by atoms with Crippen LogP contribution < -0.4 is 0 Å². The van der Waals surface area contributed by atoms with Gasteiger partial charge in [-0.25, -0.2) is 0 Å². The van der Waals surface area contributed by atoms with Crippen LogP contribution >= 0.6 is 27.5 Å². The molecule has 1 unspecified atom stereocenters. The average molecular weight is 324 g/mol. The SMILES string of the molecule is Cc1ccc(C(Br)(C=O)c2ccc(Cl)cc2)cc1. The molecule has 2 aromatic rings. The van der Waals surface area contributed by atoms with Gasteiger partial charge < -0.3 is 4.79 Å². The van der Waals surface area contributed by atoms with E-state index in [1.165, 1.54) is 0 Å². The molecule has 1 atom stereocenters. The van der Waals surface area contributed by atoms with E-state index < -0.39 is 4.32 Å². The molecule has 0 heterocycles. The monoisotopic (exact) mass is 322 g/mol. The number of alkyl halides is 1. The first-order chi connectivity index (χ1) is 8.56. The first-order valence-electron chi connectivity index (χ1n) is 5.55. The van der Waals surface area contributed by atoms with Gasteiger partial charge in [-0.05, 0) is 30.2 Å². The van der Waals surface area contributed by atoms with Crippen molar-refractivity contribution >= 4 is 33.8 Å². The third-order valence-electron chi connectivity index (χ3n) is 2.90. The van der Waals surface area contributed by atoms with Gasteiger partial charge in [0.15, 0.2) is 0 Å².